The molecule has 1 unspecified atom stereocenters. The molecule has 3 rings (SSSR count). The lowest BCUT2D eigenvalue weighted by Crippen LogP contribution is -2.30. The zero-order valence-electron chi connectivity index (χ0n) is 7.53. The second-order valence-electron chi connectivity index (χ2n) is 3.69. The van der Waals surface area contributed by atoms with Crippen LogP contribution in [-0.2, 0) is 9.53 Å². The first-order chi connectivity index (χ1) is 6.80. The zero-order chi connectivity index (χ0) is 9.60. The van der Waals surface area contributed by atoms with E-state index in [-0.39, 0.29) is 11.3 Å². The molecule has 0 saturated heterocycles. The van der Waals surface area contributed by atoms with Crippen molar-refractivity contribution in [2.24, 2.45) is 4.99 Å². The van der Waals surface area contributed by atoms with Crippen LogP contribution >= 0.6 is 11.8 Å². The summed E-state index contributed by atoms with van der Waals surface area (Å²) in [5.74, 6) is 1.06. The van der Waals surface area contributed by atoms with Crippen LogP contribution in [0.2, 0.25) is 0 Å². The lowest BCUT2D eigenvalue weighted by molar-refractivity contribution is -0.114. The number of aliphatic imine (C=N–C) groups is 1. The van der Waals surface area contributed by atoms with E-state index in [0.717, 1.165) is 22.8 Å². The number of nitrogens with zero attached hydrogens (tertiary/aromatic N) is 1. The van der Waals surface area contributed by atoms with E-state index in [1.807, 2.05) is 6.08 Å². The van der Waals surface area contributed by atoms with Gasteiger partial charge in [0.15, 0.2) is 17.3 Å². The molecule has 0 aromatic carbocycles. The minimum atomic E-state index is -0.166. The van der Waals surface area contributed by atoms with Crippen molar-refractivity contribution in [2.75, 3.05) is 5.75 Å². The molecule has 2 bridgehead atoms. The van der Waals surface area contributed by atoms with Crippen LogP contribution in [-0.4, -0.2) is 23.5 Å². The highest BCUT2D eigenvalue weighted by atomic mass is 32.2. The van der Waals surface area contributed by atoms with Crippen LogP contribution in [0.25, 0.3) is 0 Å². The largest absolute Gasteiger partial charge is 0.439 e. The first-order valence-electron chi connectivity index (χ1n) is 4.56. The smallest absolute Gasteiger partial charge is 0.178 e. The molecule has 0 aromatic heterocycles. The number of carbonyl (C=O) groups excluding carboxylic acids is 1. The Hall–Kier alpha value is -1.03. The van der Waals surface area contributed by atoms with E-state index in [2.05, 4.69) is 4.99 Å². The summed E-state index contributed by atoms with van der Waals surface area (Å²) in [5.41, 5.74) is 0.918. The molecular formula is C10H9NO2S. The van der Waals surface area contributed by atoms with Crippen LogP contribution in [0.4, 0.5) is 0 Å². The van der Waals surface area contributed by atoms with E-state index in [4.69, 9.17) is 4.74 Å². The highest BCUT2D eigenvalue weighted by Gasteiger charge is 2.45. The lowest BCUT2D eigenvalue weighted by Gasteiger charge is -2.25. The predicted molar refractivity (Wildman–Crippen MR) is 55.2 cm³/mol. The van der Waals surface area contributed by atoms with Crippen molar-refractivity contribution in [2.45, 2.75) is 18.4 Å². The molecule has 2 aliphatic heterocycles. The van der Waals surface area contributed by atoms with Crippen LogP contribution in [0.1, 0.15) is 12.8 Å². The van der Waals surface area contributed by atoms with E-state index < -0.39 is 0 Å². The van der Waals surface area contributed by atoms with Crippen LogP contribution in [0.5, 0.6) is 0 Å². The van der Waals surface area contributed by atoms with Crippen molar-refractivity contribution in [3.63, 3.8) is 0 Å². The Kier molecular flexibility index (Phi) is 1.62. The number of ether oxygens (including phenoxy) is 1. The summed E-state index contributed by atoms with van der Waals surface area (Å²) in [7, 11) is 0. The van der Waals surface area contributed by atoms with E-state index in [1.54, 1.807) is 17.8 Å². The normalized spacial score (nSPS) is 34.1. The second-order valence-corrected chi connectivity index (χ2v) is 4.64. The number of thioether (sulfide) groups is 1. The molecule has 1 atom stereocenters. The lowest BCUT2D eigenvalue weighted by atomic mass is 9.88. The highest BCUT2D eigenvalue weighted by molar-refractivity contribution is 8.03. The van der Waals surface area contributed by atoms with Gasteiger partial charge in [-0.2, -0.15) is 0 Å². The topological polar surface area (TPSA) is 38.7 Å². The fourth-order valence-electron chi connectivity index (χ4n) is 2.03. The minimum absolute atomic E-state index is 0.155. The van der Waals surface area contributed by atoms with Crippen molar-refractivity contribution in [3.8, 4) is 0 Å². The van der Waals surface area contributed by atoms with Crippen molar-refractivity contribution in [3.05, 3.63) is 22.8 Å². The van der Waals surface area contributed by atoms with E-state index in [9.17, 15) is 4.79 Å². The fraction of sp³-hybridized carbons (Fsp3) is 0.400. The molecule has 3 aliphatic rings. The van der Waals surface area contributed by atoms with Gasteiger partial charge in [0, 0.05) is 17.7 Å². The quantitative estimate of drug-likeness (QED) is 0.606. The Bertz CT molecular complexity index is 397. The van der Waals surface area contributed by atoms with E-state index >= 15 is 0 Å². The van der Waals surface area contributed by atoms with Crippen LogP contribution in [0.15, 0.2) is 27.8 Å². The molecule has 2 heterocycles. The third-order valence-corrected chi connectivity index (χ3v) is 4.05. The summed E-state index contributed by atoms with van der Waals surface area (Å²) in [6.45, 7) is 0. The summed E-state index contributed by atoms with van der Waals surface area (Å²) in [5, 5.41) is 0.900. The Morgan fingerprint density at radius 2 is 2.50 bits per heavy atom. The minimum Gasteiger partial charge on any atom is -0.439 e. The summed E-state index contributed by atoms with van der Waals surface area (Å²) in [4.78, 5) is 15.8. The number of carbonyl (C=O) groups is 1. The van der Waals surface area contributed by atoms with Gasteiger partial charge in [-0.05, 0) is 12.5 Å². The molecule has 14 heavy (non-hydrogen) atoms. The number of allylic oxidation sites excluding steroid dienone is 1. The molecule has 0 saturated carbocycles. The molecule has 4 heteroatoms. The monoisotopic (exact) mass is 207 g/mol. The summed E-state index contributed by atoms with van der Waals surface area (Å²) >= 11 is 1.67. The van der Waals surface area contributed by atoms with Gasteiger partial charge < -0.3 is 4.74 Å². The molecular weight excluding hydrogens is 198 g/mol. The van der Waals surface area contributed by atoms with Crippen molar-refractivity contribution >= 4 is 23.9 Å². The summed E-state index contributed by atoms with van der Waals surface area (Å²) < 4.78 is 5.31. The molecule has 0 radical (unpaired) electrons. The number of hydrogen-bond acceptors (Lipinski definition) is 4. The van der Waals surface area contributed by atoms with E-state index in [1.165, 1.54) is 6.40 Å². The van der Waals surface area contributed by atoms with Gasteiger partial charge in [-0.1, -0.05) is 17.8 Å². The van der Waals surface area contributed by atoms with Gasteiger partial charge in [0.25, 0.3) is 0 Å². The molecule has 0 fully saturated rings. The molecule has 72 valence electrons. The fourth-order valence-corrected chi connectivity index (χ4v) is 3.32. The van der Waals surface area contributed by atoms with Crippen LogP contribution < -0.4 is 0 Å². The molecule has 3 nitrogen and oxygen atoms in total. The molecule has 0 aromatic rings. The first kappa shape index (κ1) is 8.29. The third kappa shape index (κ3) is 1.00. The van der Waals surface area contributed by atoms with Crippen molar-refractivity contribution in [1.29, 1.82) is 0 Å². The average molecular weight is 207 g/mol. The Labute approximate surface area is 85.9 Å². The van der Waals surface area contributed by atoms with Gasteiger partial charge in [0.1, 0.15) is 5.54 Å². The number of hydrogen-bond donors (Lipinski definition) is 0. The molecule has 1 aliphatic carbocycles. The molecule has 0 spiro atoms. The van der Waals surface area contributed by atoms with Crippen LogP contribution in [0, 0.1) is 0 Å². The number of ketones is 1. The summed E-state index contributed by atoms with van der Waals surface area (Å²) in [6.07, 6.45) is 6.40. The Balaban J connectivity index is 2.10. The molecule has 0 amide bonds. The van der Waals surface area contributed by atoms with Gasteiger partial charge in [0.2, 0.25) is 0 Å². The van der Waals surface area contributed by atoms with Gasteiger partial charge in [-0.15, -0.1) is 0 Å². The highest BCUT2D eigenvalue weighted by Crippen LogP contribution is 2.48. The Morgan fingerprint density at radius 1 is 1.57 bits per heavy atom. The standard InChI is InChI=1S/C10H9NO2S/c12-7-2-1-3-10-5-14-9(8(10)4-7)13-6-11-10/h1-2,6H,3-5H2. The Morgan fingerprint density at radius 3 is 3.43 bits per heavy atom. The van der Waals surface area contributed by atoms with Gasteiger partial charge in [0.05, 0.1) is 0 Å². The first-order valence-corrected chi connectivity index (χ1v) is 5.55. The van der Waals surface area contributed by atoms with E-state index in [0.29, 0.717) is 6.42 Å². The summed E-state index contributed by atoms with van der Waals surface area (Å²) in [6, 6.07) is 0. The second kappa shape index (κ2) is 2.73. The SMILES string of the molecule is O=C1C=CCC23CSC(=C2C1)OC=N3. The molecule has 0 N–H and O–H groups in total. The maximum absolute atomic E-state index is 11.4. The zero-order valence-corrected chi connectivity index (χ0v) is 8.34. The van der Waals surface area contributed by atoms with Gasteiger partial charge in [-0.25, -0.2) is 4.99 Å². The maximum atomic E-state index is 11.4. The average Bonchev–Trinajstić information content (AvgIpc) is 2.40. The van der Waals surface area contributed by atoms with Gasteiger partial charge >= 0.3 is 0 Å². The van der Waals surface area contributed by atoms with Gasteiger partial charge in [-0.3, -0.25) is 4.79 Å². The maximum Gasteiger partial charge on any atom is 0.178 e. The third-order valence-electron chi connectivity index (χ3n) is 2.82. The number of rotatable bonds is 0. The van der Waals surface area contributed by atoms with Crippen LogP contribution in [0.3, 0.4) is 0 Å². The van der Waals surface area contributed by atoms with Crippen molar-refractivity contribution in [1.82, 2.24) is 0 Å². The predicted octanol–water partition coefficient (Wildman–Crippen LogP) is 1.66. The van der Waals surface area contributed by atoms with Crippen molar-refractivity contribution < 1.29 is 9.53 Å².